The molecule has 0 saturated heterocycles. The molecule has 0 aliphatic heterocycles. The molecule has 0 radical (unpaired) electrons. The number of nitrogens with two attached hydrogens (primary N) is 2. The Bertz CT molecular complexity index is 1080. The zero-order valence-corrected chi connectivity index (χ0v) is 14.8. The first-order valence-corrected chi connectivity index (χ1v) is 8.35. The molecule has 0 unspecified atom stereocenters. The van der Waals surface area contributed by atoms with E-state index >= 15 is 0 Å². The minimum absolute atomic E-state index is 0.0683. The largest absolute Gasteiger partial charge is 0.478 e. The van der Waals surface area contributed by atoms with E-state index in [1.165, 1.54) is 12.1 Å². The molecule has 0 aromatic heterocycles. The molecule has 140 valence electrons. The number of benzene rings is 3. The van der Waals surface area contributed by atoms with E-state index in [0.717, 1.165) is 0 Å². The van der Waals surface area contributed by atoms with Crippen molar-refractivity contribution in [2.75, 3.05) is 11.1 Å². The van der Waals surface area contributed by atoms with Gasteiger partial charge in [0.1, 0.15) is 5.84 Å². The van der Waals surface area contributed by atoms with Crippen molar-refractivity contribution in [3.8, 4) is 11.1 Å². The lowest BCUT2D eigenvalue weighted by Gasteiger charge is -2.13. The molecule has 28 heavy (non-hydrogen) atoms. The molecular weight excluding hydrogens is 356 g/mol. The maximum atomic E-state index is 12.9. The number of aromatic carboxylic acids is 1. The fraction of sp³-hybridized carbons (Fsp3) is 0. The van der Waals surface area contributed by atoms with Crippen LogP contribution in [0.1, 0.15) is 26.3 Å². The van der Waals surface area contributed by atoms with E-state index in [1.54, 1.807) is 54.6 Å². The van der Waals surface area contributed by atoms with Crippen LogP contribution in [0.15, 0.2) is 66.7 Å². The number of nitrogen functional groups attached to an aromatic ring is 2. The molecule has 7 N–H and O–H groups in total. The number of hydrogen-bond donors (Lipinski definition) is 5. The van der Waals surface area contributed by atoms with Crippen LogP contribution >= 0.6 is 0 Å². The number of anilines is 2. The van der Waals surface area contributed by atoms with Crippen molar-refractivity contribution in [1.29, 1.82) is 5.41 Å². The molecule has 3 aromatic carbocycles. The van der Waals surface area contributed by atoms with Crippen molar-refractivity contribution < 1.29 is 14.7 Å². The zero-order chi connectivity index (χ0) is 20.3. The summed E-state index contributed by atoms with van der Waals surface area (Å²) in [6.07, 6.45) is 0. The zero-order valence-electron chi connectivity index (χ0n) is 14.8. The smallest absolute Gasteiger partial charge is 0.336 e. The van der Waals surface area contributed by atoms with E-state index in [-0.39, 0.29) is 17.0 Å². The van der Waals surface area contributed by atoms with Crippen LogP contribution < -0.4 is 16.8 Å². The first kappa shape index (κ1) is 18.7. The molecule has 0 saturated carbocycles. The van der Waals surface area contributed by atoms with Gasteiger partial charge < -0.3 is 21.9 Å². The molecular formula is C21H18N4O3. The van der Waals surface area contributed by atoms with E-state index in [1.807, 2.05) is 0 Å². The van der Waals surface area contributed by atoms with Gasteiger partial charge in [0.2, 0.25) is 0 Å². The maximum absolute atomic E-state index is 12.9. The highest BCUT2D eigenvalue weighted by Gasteiger charge is 2.18. The number of carboxylic acids is 1. The van der Waals surface area contributed by atoms with Crippen LogP contribution in [0.5, 0.6) is 0 Å². The molecule has 1 amide bonds. The molecule has 7 nitrogen and oxygen atoms in total. The number of amides is 1. The first-order chi connectivity index (χ1) is 13.4. The number of amidine groups is 1. The summed E-state index contributed by atoms with van der Waals surface area (Å²) in [4.78, 5) is 24.4. The Morgan fingerprint density at radius 3 is 2.18 bits per heavy atom. The molecule has 0 spiro atoms. The quantitative estimate of drug-likeness (QED) is 0.265. The molecule has 0 heterocycles. The summed E-state index contributed by atoms with van der Waals surface area (Å²) in [5, 5.41) is 19.6. The minimum Gasteiger partial charge on any atom is -0.478 e. The van der Waals surface area contributed by atoms with Gasteiger partial charge in [0.15, 0.2) is 0 Å². The van der Waals surface area contributed by atoms with Gasteiger partial charge >= 0.3 is 5.97 Å². The molecule has 0 fully saturated rings. The summed E-state index contributed by atoms with van der Waals surface area (Å²) < 4.78 is 0. The summed E-state index contributed by atoms with van der Waals surface area (Å²) >= 11 is 0. The summed E-state index contributed by atoms with van der Waals surface area (Å²) in [6, 6.07) is 17.7. The number of hydrogen-bond acceptors (Lipinski definition) is 4. The molecule has 0 aliphatic rings. The second-order valence-corrected chi connectivity index (χ2v) is 6.10. The number of carbonyl (C=O) groups is 2. The number of carbonyl (C=O) groups excluding carboxylic acids is 1. The van der Waals surface area contributed by atoms with Crippen molar-refractivity contribution in [2.24, 2.45) is 5.73 Å². The van der Waals surface area contributed by atoms with Gasteiger partial charge in [-0.15, -0.1) is 0 Å². The van der Waals surface area contributed by atoms with E-state index in [0.29, 0.717) is 28.1 Å². The van der Waals surface area contributed by atoms with Crippen LogP contribution in [0.25, 0.3) is 11.1 Å². The van der Waals surface area contributed by atoms with Crippen LogP contribution in [-0.2, 0) is 0 Å². The Morgan fingerprint density at radius 2 is 1.54 bits per heavy atom. The van der Waals surface area contributed by atoms with Gasteiger partial charge in [-0.25, -0.2) is 4.79 Å². The van der Waals surface area contributed by atoms with E-state index < -0.39 is 11.9 Å². The fourth-order valence-electron chi connectivity index (χ4n) is 2.82. The molecule has 3 aromatic rings. The molecule has 7 heteroatoms. The molecule has 0 bridgehead atoms. The standard InChI is InChI=1S/C21H18N4O3/c22-13-7-10-16(15-3-1-2-4-17(15)21(27)28)18(11-13)20(26)25-14-8-5-12(6-9-14)19(23)24/h1-11H,22H2,(H3,23,24)(H,25,26)(H,27,28). The van der Waals surface area contributed by atoms with Crippen molar-refractivity contribution >= 4 is 29.1 Å². The van der Waals surface area contributed by atoms with Gasteiger partial charge in [0.05, 0.1) is 5.56 Å². The Balaban J connectivity index is 2.00. The maximum Gasteiger partial charge on any atom is 0.336 e. The number of nitrogens with one attached hydrogen (secondary N) is 2. The highest BCUT2D eigenvalue weighted by molar-refractivity contribution is 6.11. The summed E-state index contributed by atoms with van der Waals surface area (Å²) in [7, 11) is 0. The monoisotopic (exact) mass is 374 g/mol. The second-order valence-electron chi connectivity index (χ2n) is 6.10. The van der Waals surface area contributed by atoms with Crippen molar-refractivity contribution in [2.45, 2.75) is 0 Å². The topological polar surface area (TPSA) is 142 Å². The van der Waals surface area contributed by atoms with Crippen molar-refractivity contribution in [1.82, 2.24) is 0 Å². The summed E-state index contributed by atoms with van der Waals surface area (Å²) in [6.45, 7) is 0. The number of carboxylic acid groups (broad SMARTS) is 1. The Hall–Kier alpha value is -4.13. The lowest BCUT2D eigenvalue weighted by Crippen LogP contribution is -2.15. The first-order valence-electron chi connectivity index (χ1n) is 8.35. The Morgan fingerprint density at radius 1 is 0.893 bits per heavy atom. The van der Waals surface area contributed by atoms with Crippen LogP contribution in [-0.4, -0.2) is 22.8 Å². The minimum atomic E-state index is -1.08. The lowest BCUT2D eigenvalue weighted by atomic mass is 9.94. The van der Waals surface area contributed by atoms with Crippen molar-refractivity contribution in [3.63, 3.8) is 0 Å². The average Bonchev–Trinajstić information content (AvgIpc) is 2.68. The highest BCUT2D eigenvalue weighted by atomic mass is 16.4. The van der Waals surface area contributed by atoms with E-state index in [4.69, 9.17) is 16.9 Å². The Kier molecular flexibility index (Phi) is 5.08. The molecule has 0 atom stereocenters. The third-order valence-corrected chi connectivity index (χ3v) is 4.19. The van der Waals surface area contributed by atoms with Gasteiger partial charge in [-0.3, -0.25) is 10.2 Å². The Labute approximate surface area is 161 Å². The second kappa shape index (κ2) is 7.63. The van der Waals surface area contributed by atoms with Crippen molar-refractivity contribution in [3.05, 3.63) is 83.4 Å². The van der Waals surface area contributed by atoms with Gasteiger partial charge in [-0.05, 0) is 53.6 Å². The SMILES string of the molecule is N=C(N)c1ccc(NC(=O)c2cc(N)ccc2-c2ccccc2C(=O)O)cc1. The van der Waals surface area contributed by atoms with Crippen LogP contribution in [0.2, 0.25) is 0 Å². The third-order valence-electron chi connectivity index (χ3n) is 4.19. The summed E-state index contributed by atoms with van der Waals surface area (Å²) in [5.74, 6) is -1.59. The predicted molar refractivity (Wildman–Crippen MR) is 109 cm³/mol. The van der Waals surface area contributed by atoms with Crippen LogP contribution in [0, 0.1) is 5.41 Å². The predicted octanol–water partition coefficient (Wildman–Crippen LogP) is 3.17. The van der Waals surface area contributed by atoms with Gasteiger partial charge in [-0.1, -0.05) is 24.3 Å². The third kappa shape index (κ3) is 3.83. The number of rotatable bonds is 5. The van der Waals surface area contributed by atoms with Gasteiger partial charge in [0.25, 0.3) is 5.91 Å². The van der Waals surface area contributed by atoms with E-state index in [9.17, 15) is 14.7 Å². The molecule has 3 rings (SSSR count). The van der Waals surface area contributed by atoms with Gasteiger partial charge in [0, 0.05) is 22.5 Å². The fourth-order valence-corrected chi connectivity index (χ4v) is 2.82. The van der Waals surface area contributed by atoms with Crippen LogP contribution in [0.4, 0.5) is 11.4 Å². The summed E-state index contributed by atoms with van der Waals surface area (Å²) in [5.41, 5.74) is 13.9. The lowest BCUT2D eigenvalue weighted by molar-refractivity contribution is 0.0697. The van der Waals surface area contributed by atoms with Gasteiger partial charge in [-0.2, -0.15) is 0 Å². The molecule has 0 aliphatic carbocycles. The normalized spacial score (nSPS) is 10.3. The van der Waals surface area contributed by atoms with Crippen LogP contribution in [0.3, 0.4) is 0 Å². The average molecular weight is 374 g/mol. The van der Waals surface area contributed by atoms with E-state index in [2.05, 4.69) is 5.32 Å². The highest BCUT2D eigenvalue weighted by Crippen LogP contribution is 2.29.